The summed E-state index contributed by atoms with van der Waals surface area (Å²) >= 11 is 2.19. The van der Waals surface area contributed by atoms with E-state index in [0.717, 1.165) is 16.4 Å². The maximum Gasteiger partial charge on any atom is 0.319 e. The smallest absolute Gasteiger partial charge is 0.319 e. The molecule has 19 heavy (non-hydrogen) atoms. The first-order valence-electron chi connectivity index (χ1n) is 6.12. The first-order chi connectivity index (χ1) is 9.06. The molecule has 2 rings (SSSR count). The van der Waals surface area contributed by atoms with Gasteiger partial charge in [0, 0.05) is 15.3 Å². The molecule has 6 heteroatoms. The zero-order valence-electron chi connectivity index (χ0n) is 10.2. The van der Waals surface area contributed by atoms with Crippen molar-refractivity contribution in [1.82, 2.24) is 5.32 Å². The Bertz CT molecular complexity index is 475. The Morgan fingerprint density at radius 2 is 1.89 bits per heavy atom. The molecule has 1 aromatic carbocycles. The Morgan fingerprint density at radius 1 is 1.21 bits per heavy atom. The van der Waals surface area contributed by atoms with Crippen LogP contribution in [0.3, 0.4) is 0 Å². The molecule has 1 aliphatic carbocycles. The monoisotopic (exact) mass is 374 g/mol. The number of aliphatic carboxylic acids is 1. The van der Waals surface area contributed by atoms with Crippen molar-refractivity contribution in [3.8, 4) is 0 Å². The minimum absolute atomic E-state index is 0.277. The second kappa shape index (κ2) is 6.23. The molecule has 2 unspecified atom stereocenters. The summed E-state index contributed by atoms with van der Waals surface area (Å²) in [6.07, 6.45) is 2.19. The summed E-state index contributed by atoms with van der Waals surface area (Å²) in [5.74, 6) is -1.31. The Kier molecular flexibility index (Phi) is 4.62. The lowest BCUT2D eigenvalue weighted by Crippen LogP contribution is -2.42. The van der Waals surface area contributed by atoms with E-state index >= 15 is 0 Å². The molecule has 0 radical (unpaired) electrons. The Labute approximate surface area is 124 Å². The molecule has 1 aromatic rings. The average molecular weight is 374 g/mol. The van der Waals surface area contributed by atoms with Gasteiger partial charge in [0.1, 0.15) is 0 Å². The van der Waals surface area contributed by atoms with Crippen LogP contribution in [0.4, 0.5) is 10.5 Å². The summed E-state index contributed by atoms with van der Waals surface area (Å²) in [5.41, 5.74) is 0.697. The quantitative estimate of drug-likeness (QED) is 0.712. The zero-order valence-corrected chi connectivity index (χ0v) is 12.4. The number of nitrogens with one attached hydrogen (secondary N) is 2. The highest BCUT2D eigenvalue weighted by atomic mass is 127. The molecule has 0 spiro atoms. The number of carboxylic acids is 1. The normalized spacial score (nSPS) is 21.9. The van der Waals surface area contributed by atoms with Gasteiger partial charge in [-0.1, -0.05) is 6.42 Å². The topological polar surface area (TPSA) is 78.4 Å². The first kappa shape index (κ1) is 14.1. The number of carboxylic acid groups (broad SMARTS) is 1. The number of benzene rings is 1. The molecule has 0 heterocycles. The SMILES string of the molecule is O=C(Nc1ccc(I)cc1)NC1CCCC1C(=O)O. The van der Waals surface area contributed by atoms with Crippen LogP contribution < -0.4 is 10.6 Å². The molecule has 0 bridgehead atoms. The zero-order chi connectivity index (χ0) is 13.8. The van der Waals surface area contributed by atoms with E-state index in [4.69, 9.17) is 5.11 Å². The fourth-order valence-electron chi connectivity index (χ4n) is 2.30. The van der Waals surface area contributed by atoms with Gasteiger partial charge in [0.05, 0.1) is 5.92 Å². The number of urea groups is 1. The number of anilines is 1. The molecule has 3 N–H and O–H groups in total. The highest BCUT2D eigenvalue weighted by molar-refractivity contribution is 14.1. The van der Waals surface area contributed by atoms with Crippen LogP contribution in [-0.4, -0.2) is 23.1 Å². The van der Waals surface area contributed by atoms with Crippen molar-refractivity contribution in [2.24, 2.45) is 5.92 Å². The van der Waals surface area contributed by atoms with Gasteiger partial charge < -0.3 is 15.7 Å². The molecular formula is C13H15IN2O3. The highest BCUT2D eigenvalue weighted by Crippen LogP contribution is 2.25. The average Bonchev–Trinajstić information content (AvgIpc) is 2.80. The van der Waals surface area contributed by atoms with E-state index in [1.807, 2.05) is 24.3 Å². The Balaban J connectivity index is 1.90. The standard InChI is InChI=1S/C13H15IN2O3/c14-8-4-6-9(7-5-8)15-13(19)16-11-3-1-2-10(11)12(17)18/h4-7,10-11H,1-3H2,(H,17,18)(H2,15,16,19). The van der Waals surface area contributed by atoms with Crippen LogP contribution in [0.1, 0.15) is 19.3 Å². The third kappa shape index (κ3) is 3.82. The molecule has 2 atom stereocenters. The molecule has 1 aliphatic rings. The lowest BCUT2D eigenvalue weighted by Gasteiger charge is -2.18. The van der Waals surface area contributed by atoms with Gasteiger partial charge in [-0.05, 0) is 59.7 Å². The van der Waals surface area contributed by atoms with Crippen LogP contribution in [0.5, 0.6) is 0 Å². The van der Waals surface area contributed by atoms with E-state index in [-0.39, 0.29) is 12.1 Å². The summed E-state index contributed by atoms with van der Waals surface area (Å²) < 4.78 is 1.09. The summed E-state index contributed by atoms with van der Waals surface area (Å²) in [5, 5.41) is 14.5. The summed E-state index contributed by atoms with van der Waals surface area (Å²) in [4.78, 5) is 22.8. The third-order valence-corrected chi connectivity index (χ3v) is 3.97. The van der Waals surface area contributed by atoms with Gasteiger partial charge in [-0.25, -0.2) is 4.79 Å². The van der Waals surface area contributed by atoms with E-state index in [1.165, 1.54) is 0 Å². The van der Waals surface area contributed by atoms with Crippen molar-refractivity contribution < 1.29 is 14.7 Å². The molecule has 1 fully saturated rings. The van der Waals surface area contributed by atoms with Crippen molar-refractivity contribution in [1.29, 1.82) is 0 Å². The predicted molar refractivity (Wildman–Crippen MR) is 80.1 cm³/mol. The summed E-state index contributed by atoms with van der Waals surface area (Å²) in [7, 11) is 0. The summed E-state index contributed by atoms with van der Waals surface area (Å²) in [6.45, 7) is 0. The third-order valence-electron chi connectivity index (χ3n) is 3.25. The number of rotatable bonds is 3. The number of hydrogen-bond donors (Lipinski definition) is 3. The van der Waals surface area contributed by atoms with Crippen LogP contribution in [0, 0.1) is 9.49 Å². The van der Waals surface area contributed by atoms with Gasteiger partial charge >= 0.3 is 12.0 Å². The second-order valence-electron chi connectivity index (χ2n) is 4.59. The molecular weight excluding hydrogens is 359 g/mol. The van der Waals surface area contributed by atoms with Crippen molar-refractivity contribution in [3.05, 3.63) is 27.8 Å². The minimum Gasteiger partial charge on any atom is -0.481 e. The summed E-state index contributed by atoms with van der Waals surface area (Å²) in [6, 6.07) is 6.79. The van der Waals surface area contributed by atoms with Crippen molar-refractivity contribution in [2.75, 3.05) is 5.32 Å². The van der Waals surface area contributed by atoms with E-state index < -0.39 is 11.9 Å². The van der Waals surface area contributed by atoms with E-state index in [9.17, 15) is 9.59 Å². The Hall–Kier alpha value is -1.31. The minimum atomic E-state index is -0.836. The van der Waals surface area contributed by atoms with Crippen LogP contribution in [0.25, 0.3) is 0 Å². The highest BCUT2D eigenvalue weighted by Gasteiger charge is 2.33. The van der Waals surface area contributed by atoms with Gasteiger partial charge in [-0.2, -0.15) is 0 Å². The Morgan fingerprint density at radius 3 is 2.53 bits per heavy atom. The van der Waals surface area contributed by atoms with Crippen LogP contribution >= 0.6 is 22.6 Å². The molecule has 2 amide bonds. The van der Waals surface area contributed by atoms with Crippen molar-refractivity contribution >= 4 is 40.3 Å². The van der Waals surface area contributed by atoms with Gasteiger partial charge in [-0.15, -0.1) is 0 Å². The lowest BCUT2D eigenvalue weighted by atomic mass is 10.0. The molecule has 5 nitrogen and oxygen atoms in total. The van der Waals surface area contributed by atoms with Crippen molar-refractivity contribution in [3.63, 3.8) is 0 Å². The molecule has 0 aromatic heterocycles. The van der Waals surface area contributed by atoms with Gasteiger partial charge in [0.15, 0.2) is 0 Å². The number of halogens is 1. The fourth-order valence-corrected chi connectivity index (χ4v) is 2.66. The number of carbonyl (C=O) groups is 2. The van der Waals surface area contributed by atoms with E-state index in [1.54, 1.807) is 0 Å². The fraction of sp³-hybridized carbons (Fsp3) is 0.385. The number of hydrogen-bond acceptors (Lipinski definition) is 2. The number of amides is 2. The first-order valence-corrected chi connectivity index (χ1v) is 7.20. The second-order valence-corrected chi connectivity index (χ2v) is 5.83. The molecule has 0 aliphatic heterocycles. The van der Waals surface area contributed by atoms with Crippen LogP contribution in [-0.2, 0) is 4.79 Å². The van der Waals surface area contributed by atoms with Crippen LogP contribution in [0.15, 0.2) is 24.3 Å². The van der Waals surface area contributed by atoms with Gasteiger partial charge in [0.2, 0.25) is 0 Å². The largest absolute Gasteiger partial charge is 0.481 e. The number of carbonyl (C=O) groups excluding carboxylic acids is 1. The molecule has 1 saturated carbocycles. The van der Waals surface area contributed by atoms with Gasteiger partial charge in [-0.3, -0.25) is 4.79 Å². The molecule has 102 valence electrons. The predicted octanol–water partition coefficient (Wildman–Crippen LogP) is 2.67. The van der Waals surface area contributed by atoms with Gasteiger partial charge in [0.25, 0.3) is 0 Å². The van der Waals surface area contributed by atoms with E-state index in [2.05, 4.69) is 33.2 Å². The van der Waals surface area contributed by atoms with Crippen LogP contribution in [0.2, 0.25) is 0 Å². The maximum absolute atomic E-state index is 11.8. The lowest BCUT2D eigenvalue weighted by molar-refractivity contribution is -0.142. The van der Waals surface area contributed by atoms with Crippen molar-refractivity contribution in [2.45, 2.75) is 25.3 Å². The van der Waals surface area contributed by atoms with E-state index in [0.29, 0.717) is 12.1 Å². The molecule has 0 saturated heterocycles. The maximum atomic E-state index is 11.8.